The van der Waals surface area contributed by atoms with Crippen LogP contribution in [0.1, 0.15) is 58.7 Å². The van der Waals surface area contributed by atoms with E-state index in [1.54, 1.807) is 0 Å². The lowest BCUT2D eigenvalue weighted by Crippen LogP contribution is -2.21. The third-order valence-electron chi connectivity index (χ3n) is 2.84. The molecular formula is C14H24IN3O. The summed E-state index contributed by atoms with van der Waals surface area (Å²) in [7, 11) is 1.89. The first-order valence-electron chi connectivity index (χ1n) is 6.72. The average Bonchev–Trinajstić information content (AvgIpc) is 2.35. The maximum atomic E-state index is 5.73. The lowest BCUT2D eigenvalue weighted by molar-refractivity contribution is 0.0532. The number of rotatable bonds is 5. The summed E-state index contributed by atoms with van der Waals surface area (Å²) in [5.74, 6) is 1.66. The molecule has 0 saturated heterocycles. The minimum atomic E-state index is -0.0322. The van der Waals surface area contributed by atoms with Crippen molar-refractivity contribution in [2.24, 2.45) is 0 Å². The van der Waals surface area contributed by atoms with E-state index in [1.165, 1.54) is 0 Å². The van der Waals surface area contributed by atoms with Gasteiger partial charge < -0.3 is 10.1 Å². The molecule has 0 aromatic carbocycles. The van der Waals surface area contributed by atoms with E-state index in [2.05, 4.69) is 60.6 Å². The van der Waals surface area contributed by atoms with Crippen molar-refractivity contribution < 1.29 is 4.74 Å². The molecule has 1 aromatic heterocycles. The van der Waals surface area contributed by atoms with E-state index in [9.17, 15) is 0 Å². The van der Waals surface area contributed by atoms with Gasteiger partial charge in [-0.25, -0.2) is 9.97 Å². The number of nitrogens with zero attached hydrogens (tertiary/aromatic N) is 2. The van der Waals surface area contributed by atoms with E-state index in [0.29, 0.717) is 6.61 Å². The molecule has 1 unspecified atom stereocenters. The van der Waals surface area contributed by atoms with Crippen LogP contribution >= 0.6 is 22.6 Å². The number of hydrogen-bond acceptors (Lipinski definition) is 4. The Morgan fingerprint density at radius 3 is 2.32 bits per heavy atom. The van der Waals surface area contributed by atoms with Crippen molar-refractivity contribution in [3.63, 3.8) is 0 Å². The van der Waals surface area contributed by atoms with Crippen LogP contribution in [-0.4, -0.2) is 23.6 Å². The van der Waals surface area contributed by atoms with E-state index in [4.69, 9.17) is 9.72 Å². The Balaban J connectivity index is 3.34. The van der Waals surface area contributed by atoms with Crippen molar-refractivity contribution in [2.45, 2.75) is 52.6 Å². The number of hydrogen-bond donors (Lipinski definition) is 1. The van der Waals surface area contributed by atoms with Crippen LogP contribution in [0.5, 0.6) is 0 Å². The predicted octanol–water partition coefficient (Wildman–Crippen LogP) is 3.91. The van der Waals surface area contributed by atoms with Gasteiger partial charge in [0, 0.05) is 19.1 Å². The second-order valence-corrected chi connectivity index (χ2v) is 6.52. The van der Waals surface area contributed by atoms with E-state index in [-0.39, 0.29) is 11.5 Å². The molecule has 0 aliphatic heterocycles. The van der Waals surface area contributed by atoms with Gasteiger partial charge in [0.2, 0.25) is 0 Å². The van der Waals surface area contributed by atoms with Crippen LogP contribution < -0.4 is 5.32 Å². The average molecular weight is 377 g/mol. The maximum absolute atomic E-state index is 5.73. The van der Waals surface area contributed by atoms with Gasteiger partial charge in [-0.1, -0.05) is 27.7 Å². The van der Waals surface area contributed by atoms with Crippen molar-refractivity contribution in [3.8, 4) is 0 Å². The number of aromatic nitrogens is 2. The Kier molecular flexibility index (Phi) is 5.98. The molecular weight excluding hydrogens is 353 g/mol. The largest absolute Gasteiger partial charge is 0.372 e. The van der Waals surface area contributed by atoms with Gasteiger partial charge in [-0.2, -0.15) is 0 Å². The van der Waals surface area contributed by atoms with E-state index >= 15 is 0 Å². The summed E-state index contributed by atoms with van der Waals surface area (Å²) in [4.78, 5) is 9.36. The maximum Gasteiger partial charge on any atom is 0.159 e. The van der Waals surface area contributed by atoms with Gasteiger partial charge in [0.25, 0.3) is 0 Å². The van der Waals surface area contributed by atoms with Gasteiger partial charge in [-0.05, 0) is 35.9 Å². The summed E-state index contributed by atoms with van der Waals surface area (Å²) in [6.45, 7) is 11.3. The first kappa shape index (κ1) is 16.6. The third-order valence-corrected chi connectivity index (χ3v) is 3.86. The first-order chi connectivity index (χ1) is 8.85. The molecule has 1 atom stereocenters. The monoisotopic (exact) mass is 377 g/mol. The molecule has 0 saturated carbocycles. The molecule has 0 bridgehead atoms. The zero-order valence-electron chi connectivity index (χ0n) is 12.7. The van der Waals surface area contributed by atoms with Crippen LogP contribution in [-0.2, 0) is 10.2 Å². The van der Waals surface area contributed by atoms with Gasteiger partial charge in [0.05, 0.1) is 9.26 Å². The van der Waals surface area contributed by atoms with Crippen molar-refractivity contribution in [1.82, 2.24) is 9.97 Å². The lowest BCUT2D eigenvalue weighted by Gasteiger charge is -2.23. The van der Waals surface area contributed by atoms with Crippen LogP contribution in [0.3, 0.4) is 0 Å². The van der Waals surface area contributed by atoms with Crippen LogP contribution in [0.25, 0.3) is 0 Å². The number of halogens is 1. The molecule has 0 fully saturated rings. The Hall–Kier alpha value is -0.430. The smallest absolute Gasteiger partial charge is 0.159 e. The fourth-order valence-corrected chi connectivity index (χ4v) is 3.17. The zero-order valence-corrected chi connectivity index (χ0v) is 14.8. The quantitative estimate of drug-likeness (QED) is 0.791. The summed E-state index contributed by atoms with van der Waals surface area (Å²) >= 11 is 2.31. The summed E-state index contributed by atoms with van der Waals surface area (Å²) < 4.78 is 6.81. The molecule has 0 aliphatic rings. The highest BCUT2D eigenvalue weighted by Crippen LogP contribution is 2.31. The molecule has 1 heterocycles. The van der Waals surface area contributed by atoms with E-state index < -0.39 is 0 Å². The van der Waals surface area contributed by atoms with Crippen LogP contribution in [0.4, 0.5) is 5.82 Å². The highest BCUT2D eigenvalue weighted by atomic mass is 127. The van der Waals surface area contributed by atoms with Crippen LogP contribution in [0, 0.1) is 3.57 Å². The second kappa shape index (κ2) is 6.83. The molecule has 0 amide bonds. The third kappa shape index (κ3) is 4.02. The van der Waals surface area contributed by atoms with Crippen LogP contribution in [0.2, 0.25) is 0 Å². The van der Waals surface area contributed by atoms with Crippen LogP contribution in [0.15, 0.2) is 0 Å². The summed E-state index contributed by atoms with van der Waals surface area (Å²) in [6.07, 6.45) is 0.844. The standard InChI is InChI=1S/C14H24IN3O/c1-7-9(19-8-2)12-17-11(14(3,4)5)10(15)13(16-6)18-12/h9H,7-8H2,1-6H3,(H,16,17,18). The van der Waals surface area contributed by atoms with Gasteiger partial charge in [0.15, 0.2) is 5.82 Å². The molecule has 19 heavy (non-hydrogen) atoms. The van der Waals surface area contributed by atoms with Gasteiger partial charge >= 0.3 is 0 Å². The minimum Gasteiger partial charge on any atom is -0.372 e. The molecule has 5 heteroatoms. The Labute approximate surface area is 129 Å². The van der Waals surface area contributed by atoms with Gasteiger partial charge in [0.1, 0.15) is 11.9 Å². The Morgan fingerprint density at radius 1 is 1.26 bits per heavy atom. The number of anilines is 1. The van der Waals surface area contributed by atoms with E-state index in [1.807, 2.05) is 14.0 Å². The van der Waals surface area contributed by atoms with Crippen molar-refractivity contribution in [3.05, 3.63) is 15.1 Å². The molecule has 4 nitrogen and oxygen atoms in total. The molecule has 1 aromatic rings. The molecule has 108 valence electrons. The second-order valence-electron chi connectivity index (χ2n) is 5.45. The first-order valence-corrected chi connectivity index (χ1v) is 7.80. The Bertz CT molecular complexity index is 429. The zero-order chi connectivity index (χ0) is 14.6. The van der Waals surface area contributed by atoms with Gasteiger partial charge in [-0.3, -0.25) is 0 Å². The SMILES string of the molecule is CCOC(CC)c1nc(NC)c(I)c(C(C)(C)C)n1. The molecule has 0 radical (unpaired) electrons. The van der Waals surface area contributed by atoms with Crippen molar-refractivity contribution in [2.75, 3.05) is 19.0 Å². The molecule has 1 N–H and O–H groups in total. The highest BCUT2D eigenvalue weighted by Gasteiger charge is 2.25. The number of nitrogens with one attached hydrogen (secondary N) is 1. The van der Waals surface area contributed by atoms with Gasteiger partial charge in [-0.15, -0.1) is 0 Å². The topological polar surface area (TPSA) is 47.0 Å². The summed E-state index contributed by atoms with van der Waals surface area (Å²) in [5, 5.41) is 3.16. The lowest BCUT2D eigenvalue weighted by atomic mass is 9.91. The fourth-order valence-electron chi connectivity index (χ4n) is 1.85. The molecule has 1 rings (SSSR count). The highest BCUT2D eigenvalue weighted by molar-refractivity contribution is 14.1. The minimum absolute atomic E-state index is 0.00960. The van der Waals surface area contributed by atoms with E-state index in [0.717, 1.165) is 27.3 Å². The van der Waals surface area contributed by atoms with Crippen molar-refractivity contribution >= 4 is 28.4 Å². The normalized spacial score (nSPS) is 13.4. The predicted molar refractivity (Wildman–Crippen MR) is 87.7 cm³/mol. The van der Waals surface area contributed by atoms with Crippen molar-refractivity contribution in [1.29, 1.82) is 0 Å². The fraction of sp³-hybridized carbons (Fsp3) is 0.714. The summed E-state index contributed by atoms with van der Waals surface area (Å²) in [6, 6.07) is 0. The Morgan fingerprint density at radius 2 is 1.89 bits per heavy atom. The molecule has 0 spiro atoms. The molecule has 0 aliphatic carbocycles. The number of ether oxygens (including phenoxy) is 1. The summed E-state index contributed by atoms with van der Waals surface area (Å²) in [5.41, 5.74) is 1.06.